The molecule has 0 aliphatic heterocycles. The van der Waals surface area contributed by atoms with Gasteiger partial charge in [0.25, 0.3) is 0 Å². The largest absolute Gasteiger partial charge is 0.416 e. The van der Waals surface area contributed by atoms with Crippen molar-refractivity contribution in [3.05, 3.63) is 58.4 Å². The van der Waals surface area contributed by atoms with Gasteiger partial charge in [-0.3, -0.25) is 0 Å². The van der Waals surface area contributed by atoms with Crippen molar-refractivity contribution in [2.24, 2.45) is 0 Å². The molecular formula is C14H7ClF4N2. The molecular weight excluding hydrogens is 308 g/mol. The van der Waals surface area contributed by atoms with Crippen LogP contribution in [-0.2, 0) is 6.18 Å². The Bertz CT molecular complexity index is 720. The highest BCUT2D eigenvalue weighted by Crippen LogP contribution is 2.32. The molecule has 2 nitrogen and oxygen atoms in total. The number of benzene rings is 2. The Morgan fingerprint density at radius 2 is 1.81 bits per heavy atom. The summed E-state index contributed by atoms with van der Waals surface area (Å²) < 4.78 is 51.0. The first kappa shape index (κ1) is 15.1. The Labute approximate surface area is 122 Å². The van der Waals surface area contributed by atoms with Crippen molar-refractivity contribution >= 4 is 23.0 Å². The Kier molecular flexibility index (Phi) is 4.05. The second-order valence-electron chi connectivity index (χ2n) is 4.12. The van der Waals surface area contributed by atoms with Crippen LogP contribution in [0, 0.1) is 17.1 Å². The van der Waals surface area contributed by atoms with Crippen molar-refractivity contribution in [2.75, 3.05) is 5.32 Å². The quantitative estimate of drug-likeness (QED) is 0.782. The number of nitrogens with zero attached hydrogens (tertiary/aromatic N) is 1. The van der Waals surface area contributed by atoms with Gasteiger partial charge in [-0.05, 0) is 36.4 Å². The van der Waals surface area contributed by atoms with Gasteiger partial charge in [0, 0.05) is 5.69 Å². The van der Waals surface area contributed by atoms with Crippen molar-refractivity contribution in [3.8, 4) is 6.07 Å². The molecule has 2 aromatic rings. The molecule has 0 bridgehead atoms. The molecule has 0 aliphatic carbocycles. The summed E-state index contributed by atoms with van der Waals surface area (Å²) in [6.07, 6.45) is -4.53. The number of alkyl halides is 3. The molecule has 108 valence electrons. The maximum Gasteiger partial charge on any atom is 0.416 e. The number of halogens is 5. The molecule has 0 heterocycles. The van der Waals surface area contributed by atoms with E-state index in [4.69, 9.17) is 16.9 Å². The minimum atomic E-state index is -4.53. The Morgan fingerprint density at radius 1 is 1.10 bits per heavy atom. The molecule has 21 heavy (non-hydrogen) atoms. The molecule has 1 N–H and O–H groups in total. The number of nitrogens with one attached hydrogen (secondary N) is 1. The van der Waals surface area contributed by atoms with Crippen LogP contribution in [0.3, 0.4) is 0 Å². The molecule has 0 aliphatic rings. The topological polar surface area (TPSA) is 35.8 Å². The van der Waals surface area contributed by atoms with Gasteiger partial charge in [-0.1, -0.05) is 11.6 Å². The minimum absolute atomic E-state index is 0.0755. The van der Waals surface area contributed by atoms with Gasteiger partial charge in [-0.2, -0.15) is 18.4 Å². The molecule has 0 saturated heterocycles. The van der Waals surface area contributed by atoms with Gasteiger partial charge < -0.3 is 5.32 Å². The molecule has 0 amide bonds. The van der Waals surface area contributed by atoms with Gasteiger partial charge in [0.2, 0.25) is 0 Å². The highest BCUT2D eigenvalue weighted by molar-refractivity contribution is 6.30. The van der Waals surface area contributed by atoms with E-state index in [-0.39, 0.29) is 22.0 Å². The van der Waals surface area contributed by atoms with Gasteiger partial charge in [0.1, 0.15) is 11.9 Å². The number of nitriles is 1. The minimum Gasteiger partial charge on any atom is -0.354 e. The second kappa shape index (κ2) is 5.62. The summed E-state index contributed by atoms with van der Waals surface area (Å²) in [6, 6.07) is 8.20. The molecule has 2 aromatic carbocycles. The third kappa shape index (κ3) is 3.44. The third-order valence-electron chi connectivity index (χ3n) is 2.67. The fourth-order valence-corrected chi connectivity index (χ4v) is 1.77. The van der Waals surface area contributed by atoms with Gasteiger partial charge in [0.05, 0.1) is 21.8 Å². The lowest BCUT2D eigenvalue weighted by atomic mass is 10.1. The van der Waals surface area contributed by atoms with Gasteiger partial charge >= 0.3 is 6.18 Å². The van der Waals surface area contributed by atoms with Crippen LogP contribution in [0.5, 0.6) is 0 Å². The fraction of sp³-hybridized carbons (Fsp3) is 0.0714. The van der Waals surface area contributed by atoms with Gasteiger partial charge in [0.15, 0.2) is 0 Å². The lowest BCUT2D eigenvalue weighted by molar-refractivity contribution is -0.137. The van der Waals surface area contributed by atoms with E-state index in [0.29, 0.717) is 0 Å². The first-order valence-corrected chi connectivity index (χ1v) is 6.02. The van der Waals surface area contributed by atoms with E-state index in [1.165, 1.54) is 12.1 Å². The maximum atomic E-state index is 13.3. The summed E-state index contributed by atoms with van der Waals surface area (Å²) in [7, 11) is 0. The Morgan fingerprint density at radius 3 is 2.38 bits per heavy atom. The van der Waals surface area contributed by atoms with Crippen LogP contribution in [0.25, 0.3) is 0 Å². The SMILES string of the molecule is N#Cc1cc(C(F)(F)F)ccc1Nc1ccc(Cl)c(F)c1. The van der Waals surface area contributed by atoms with E-state index >= 15 is 0 Å². The van der Waals surface area contributed by atoms with Crippen molar-refractivity contribution < 1.29 is 17.6 Å². The zero-order valence-electron chi connectivity index (χ0n) is 10.3. The molecule has 0 spiro atoms. The van der Waals surface area contributed by atoms with Crippen LogP contribution in [-0.4, -0.2) is 0 Å². The van der Waals surface area contributed by atoms with E-state index < -0.39 is 17.6 Å². The highest BCUT2D eigenvalue weighted by atomic mass is 35.5. The van der Waals surface area contributed by atoms with Crippen LogP contribution in [0.4, 0.5) is 28.9 Å². The zero-order valence-corrected chi connectivity index (χ0v) is 11.1. The maximum absolute atomic E-state index is 13.3. The Hall–Kier alpha value is -2.26. The van der Waals surface area contributed by atoms with E-state index in [0.717, 1.165) is 24.3 Å². The molecule has 0 radical (unpaired) electrons. The Balaban J connectivity index is 2.36. The second-order valence-corrected chi connectivity index (χ2v) is 4.53. The van der Waals surface area contributed by atoms with Crippen LogP contribution in [0.15, 0.2) is 36.4 Å². The first-order chi connectivity index (χ1) is 9.81. The molecule has 0 saturated carbocycles. The predicted molar refractivity (Wildman–Crippen MR) is 70.9 cm³/mol. The number of hydrogen-bond acceptors (Lipinski definition) is 2. The third-order valence-corrected chi connectivity index (χ3v) is 2.97. The summed E-state index contributed by atoms with van der Waals surface area (Å²) in [5.74, 6) is -0.674. The van der Waals surface area contributed by atoms with Crippen molar-refractivity contribution in [1.82, 2.24) is 0 Å². The van der Waals surface area contributed by atoms with Crippen LogP contribution in [0.1, 0.15) is 11.1 Å². The normalized spacial score (nSPS) is 11.0. The molecule has 0 fully saturated rings. The van der Waals surface area contributed by atoms with Crippen LogP contribution >= 0.6 is 11.6 Å². The lowest BCUT2D eigenvalue weighted by Crippen LogP contribution is -2.06. The molecule has 0 unspecified atom stereocenters. The molecule has 7 heteroatoms. The fourth-order valence-electron chi connectivity index (χ4n) is 1.65. The average Bonchev–Trinajstić information content (AvgIpc) is 2.42. The molecule has 0 atom stereocenters. The summed E-state index contributed by atoms with van der Waals surface area (Å²) in [5.41, 5.74) is -0.701. The molecule has 0 aromatic heterocycles. The van der Waals surface area contributed by atoms with Crippen molar-refractivity contribution in [1.29, 1.82) is 5.26 Å². The summed E-state index contributed by atoms with van der Waals surface area (Å²) in [4.78, 5) is 0. The van der Waals surface area contributed by atoms with Gasteiger partial charge in [-0.15, -0.1) is 0 Å². The average molecular weight is 315 g/mol. The number of rotatable bonds is 2. The van der Waals surface area contributed by atoms with E-state index in [1.54, 1.807) is 6.07 Å². The smallest absolute Gasteiger partial charge is 0.354 e. The molecule has 2 rings (SSSR count). The monoisotopic (exact) mass is 314 g/mol. The number of anilines is 2. The summed E-state index contributed by atoms with van der Waals surface area (Å²) in [5, 5.41) is 11.5. The first-order valence-electron chi connectivity index (χ1n) is 5.64. The number of hydrogen-bond donors (Lipinski definition) is 1. The van der Waals surface area contributed by atoms with Gasteiger partial charge in [-0.25, -0.2) is 4.39 Å². The van der Waals surface area contributed by atoms with Crippen molar-refractivity contribution in [3.63, 3.8) is 0 Å². The summed E-state index contributed by atoms with van der Waals surface area (Å²) >= 11 is 5.53. The van der Waals surface area contributed by atoms with E-state index in [1.807, 2.05) is 0 Å². The summed E-state index contributed by atoms with van der Waals surface area (Å²) in [6.45, 7) is 0. The zero-order chi connectivity index (χ0) is 15.6. The lowest BCUT2D eigenvalue weighted by Gasteiger charge is -2.12. The standard InChI is InChI=1S/C14H7ClF4N2/c15-11-3-2-10(6-12(11)16)21-13-4-1-9(14(17,18)19)5-8(13)7-20/h1-6,21H. The van der Waals surface area contributed by atoms with Crippen LogP contribution < -0.4 is 5.32 Å². The van der Waals surface area contributed by atoms with Crippen molar-refractivity contribution in [2.45, 2.75) is 6.18 Å². The van der Waals surface area contributed by atoms with E-state index in [9.17, 15) is 17.6 Å². The van der Waals surface area contributed by atoms with E-state index in [2.05, 4.69) is 5.32 Å². The predicted octanol–water partition coefficient (Wildman–Crippen LogP) is 5.11. The van der Waals surface area contributed by atoms with Crippen LogP contribution in [0.2, 0.25) is 5.02 Å². The highest BCUT2D eigenvalue weighted by Gasteiger charge is 2.31.